The molecule has 1 atom stereocenters. The summed E-state index contributed by atoms with van der Waals surface area (Å²) in [5.74, 6) is 0.454. The Morgan fingerprint density at radius 1 is 1.26 bits per heavy atom. The molecule has 1 aliphatic carbocycles. The van der Waals surface area contributed by atoms with Crippen molar-refractivity contribution in [2.75, 3.05) is 13.1 Å². The number of likely N-dealkylation sites (tertiary alicyclic amines) is 1. The number of esters is 1. The highest BCUT2D eigenvalue weighted by Crippen LogP contribution is 2.50. The highest BCUT2D eigenvalue weighted by molar-refractivity contribution is 5.93. The van der Waals surface area contributed by atoms with Crippen molar-refractivity contribution in [3.05, 3.63) is 29.3 Å². The van der Waals surface area contributed by atoms with E-state index in [0.29, 0.717) is 25.3 Å². The molecule has 0 aromatic heterocycles. The second-order valence-electron chi connectivity index (χ2n) is 8.89. The maximum Gasteiger partial charge on any atom is 0.410 e. The van der Waals surface area contributed by atoms with Gasteiger partial charge in [0, 0.05) is 17.5 Å². The SMILES string of the molecule is CC(C)(C)OC(=O)N1CCC2(CCC2)C(Oc2ccc3c(c2)COC3=O)C1. The number of fused-ring (bicyclic) bond motifs is 1. The number of piperidine rings is 1. The molecule has 146 valence electrons. The van der Waals surface area contributed by atoms with Crippen LogP contribution >= 0.6 is 0 Å². The maximum atomic E-state index is 12.5. The number of cyclic esters (lactones) is 1. The van der Waals surface area contributed by atoms with Gasteiger partial charge in [-0.2, -0.15) is 0 Å². The number of amides is 1. The first-order chi connectivity index (χ1) is 12.8. The van der Waals surface area contributed by atoms with Crippen LogP contribution in [0.25, 0.3) is 0 Å². The zero-order valence-electron chi connectivity index (χ0n) is 16.2. The molecular weight excluding hydrogens is 346 g/mol. The molecule has 0 radical (unpaired) electrons. The lowest BCUT2D eigenvalue weighted by Crippen LogP contribution is -2.58. The second kappa shape index (κ2) is 6.43. The molecule has 0 N–H and O–H groups in total. The fourth-order valence-corrected chi connectivity index (χ4v) is 4.21. The van der Waals surface area contributed by atoms with Crippen LogP contribution in [0.2, 0.25) is 0 Å². The van der Waals surface area contributed by atoms with E-state index in [2.05, 4.69) is 0 Å². The summed E-state index contributed by atoms with van der Waals surface area (Å²) in [6.45, 7) is 7.17. The topological polar surface area (TPSA) is 65.1 Å². The van der Waals surface area contributed by atoms with E-state index in [0.717, 1.165) is 30.6 Å². The van der Waals surface area contributed by atoms with Gasteiger partial charge in [-0.25, -0.2) is 9.59 Å². The van der Waals surface area contributed by atoms with E-state index in [1.165, 1.54) is 6.42 Å². The smallest absolute Gasteiger partial charge is 0.410 e. The Morgan fingerprint density at radius 3 is 2.70 bits per heavy atom. The predicted molar refractivity (Wildman–Crippen MR) is 98.7 cm³/mol. The molecule has 1 aromatic carbocycles. The van der Waals surface area contributed by atoms with E-state index in [9.17, 15) is 9.59 Å². The highest BCUT2D eigenvalue weighted by atomic mass is 16.6. The lowest BCUT2D eigenvalue weighted by Gasteiger charge is -2.52. The molecule has 6 heteroatoms. The minimum absolute atomic E-state index is 0.0661. The van der Waals surface area contributed by atoms with Crippen LogP contribution in [0.3, 0.4) is 0 Å². The van der Waals surface area contributed by atoms with Crippen LogP contribution in [0.5, 0.6) is 5.75 Å². The molecule has 1 amide bonds. The fraction of sp³-hybridized carbons (Fsp3) is 0.619. The molecule has 27 heavy (non-hydrogen) atoms. The molecule has 2 aliphatic heterocycles. The van der Waals surface area contributed by atoms with Gasteiger partial charge in [0.1, 0.15) is 24.1 Å². The standard InChI is InChI=1S/C21H27NO5/c1-20(2,3)27-19(24)22-10-9-21(7-4-8-21)17(12-22)26-15-5-6-16-14(11-15)13-25-18(16)23/h5-6,11,17H,4,7-10,12-13H2,1-3H3. The van der Waals surface area contributed by atoms with Gasteiger partial charge in [-0.3, -0.25) is 0 Å². The first-order valence-corrected chi connectivity index (χ1v) is 9.70. The minimum atomic E-state index is -0.508. The Labute approximate surface area is 159 Å². The van der Waals surface area contributed by atoms with Gasteiger partial charge >= 0.3 is 12.1 Å². The van der Waals surface area contributed by atoms with Gasteiger partial charge in [-0.1, -0.05) is 6.42 Å². The summed E-state index contributed by atoms with van der Waals surface area (Å²) < 4.78 is 17.0. The molecule has 1 saturated heterocycles. The average molecular weight is 373 g/mol. The van der Waals surface area contributed by atoms with E-state index in [1.807, 2.05) is 32.9 Å². The van der Waals surface area contributed by atoms with Crippen LogP contribution in [-0.2, 0) is 16.1 Å². The fourth-order valence-electron chi connectivity index (χ4n) is 4.21. The first-order valence-electron chi connectivity index (χ1n) is 9.70. The van der Waals surface area contributed by atoms with Gasteiger partial charge in [-0.15, -0.1) is 0 Å². The number of hydrogen-bond donors (Lipinski definition) is 0. The summed E-state index contributed by atoms with van der Waals surface area (Å²) >= 11 is 0. The molecule has 1 aromatic rings. The van der Waals surface area contributed by atoms with Crippen molar-refractivity contribution in [3.63, 3.8) is 0 Å². The molecular formula is C21H27NO5. The number of carbonyl (C=O) groups excluding carboxylic acids is 2. The third kappa shape index (κ3) is 3.49. The van der Waals surface area contributed by atoms with Gasteiger partial charge in [-0.05, 0) is 58.2 Å². The molecule has 4 rings (SSSR count). The third-order valence-corrected chi connectivity index (χ3v) is 5.88. The summed E-state index contributed by atoms with van der Waals surface area (Å²) in [4.78, 5) is 25.9. The van der Waals surface area contributed by atoms with Crippen molar-refractivity contribution in [1.29, 1.82) is 0 Å². The Bertz CT molecular complexity index is 762. The first kappa shape index (κ1) is 18.1. The normalized spacial score (nSPS) is 23.4. The average Bonchev–Trinajstić information content (AvgIpc) is 2.92. The molecule has 6 nitrogen and oxygen atoms in total. The van der Waals surface area contributed by atoms with Crippen molar-refractivity contribution in [2.45, 2.75) is 64.8 Å². The quantitative estimate of drug-likeness (QED) is 0.735. The van der Waals surface area contributed by atoms with Gasteiger partial charge in [0.05, 0.1) is 12.1 Å². The van der Waals surface area contributed by atoms with E-state index in [4.69, 9.17) is 14.2 Å². The Hall–Kier alpha value is -2.24. The lowest BCUT2D eigenvalue weighted by atomic mass is 9.61. The molecule has 0 bridgehead atoms. The summed E-state index contributed by atoms with van der Waals surface area (Å²) in [5.41, 5.74) is 1.11. The second-order valence-corrected chi connectivity index (χ2v) is 8.89. The Morgan fingerprint density at radius 2 is 2.04 bits per heavy atom. The largest absolute Gasteiger partial charge is 0.488 e. The summed E-state index contributed by atoms with van der Waals surface area (Å²) in [6, 6.07) is 5.48. The summed E-state index contributed by atoms with van der Waals surface area (Å²) in [7, 11) is 0. The lowest BCUT2D eigenvalue weighted by molar-refractivity contribution is -0.0787. The van der Waals surface area contributed by atoms with Crippen LogP contribution < -0.4 is 4.74 Å². The molecule has 2 heterocycles. The number of ether oxygens (including phenoxy) is 3. The van der Waals surface area contributed by atoms with Crippen molar-refractivity contribution in [1.82, 2.24) is 4.90 Å². The van der Waals surface area contributed by atoms with Crippen molar-refractivity contribution in [2.24, 2.45) is 5.41 Å². The van der Waals surface area contributed by atoms with E-state index in [1.54, 1.807) is 11.0 Å². The van der Waals surface area contributed by atoms with Crippen molar-refractivity contribution < 1.29 is 23.8 Å². The monoisotopic (exact) mass is 373 g/mol. The number of carbonyl (C=O) groups is 2. The van der Waals surface area contributed by atoms with Gasteiger partial charge in [0.25, 0.3) is 0 Å². The highest BCUT2D eigenvalue weighted by Gasteiger charge is 2.50. The van der Waals surface area contributed by atoms with Gasteiger partial charge < -0.3 is 19.1 Å². The van der Waals surface area contributed by atoms with Crippen LogP contribution in [0.1, 0.15) is 62.4 Å². The van der Waals surface area contributed by atoms with E-state index in [-0.39, 0.29) is 23.6 Å². The van der Waals surface area contributed by atoms with Gasteiger partial charge in [0.15, 0.2) is 0 Å². The zero-order valence-corrected chi connectivity index (χ0v) is 16.2. The van der Waals surface area contributed by atoms with Crippen LogP contribution in [0, 0.1) is 5.41 Å². The molecule has 3 aliphatic rings. The molecule has 1 unspecified atom stereocenters. The zero-order chi connectivity index (χ0) is 19.2. The van der Waals surface area contributed by atoms with E-state index >= 15 is 0 Å². The third-order valence-electron chi connectivity index (χ3n) is 5.88. The number of benzene rings is 1. The number of nitrogens with zero attached hydrogens (tertiary/aromatic N) is 1. The number of rotatable bonds is 2. The molecule has 2 fully saturated rings. The van der Waals surface area contributed by atoms with Crippen molar-refractivity contribution in [3.8, 4) is 5.75 Å². The predicted octanol–water partition coefficient (Wildman–Crippen LogP) is 3.92. The Balaban J connectivity index is 1.50. The maximum absolute atomic E-state index is 12.5. The summed E-state index contributed by atoms with van der Waals surface area (Å²) in [5, 5.41) is 0. The van der Waals surface area contributed by atoms with Crippen LogP contribution in [0.15, 0.2) is 18.2 Å². The summed E-state index contributed by atoms with van der Waals surface area (Å²) in [6.07, 6.45) is 4.06. The molecule has 1 spiro atoms. The van der Waals surface area contributed by atoms with Gasteiger partial charge in [0.2, 0.25) is 0 Å². The molecule has 1 saturated carbocycles. The van der Waals surface area contributed by atoms with Crippen LogP contribution in [-0.4, -0.2) is 41.8 Å². The van der Waals surface area contributed by atoms with E-state index < -0.39 is 5.60 Å². The Kier molecular flexibility index (Phi) is 4.32. The minimum Gasteiger partial charge on any atom is -0.488 e. The number of hydrogen-bond acceptors (Lipinski definition) is 5. The van der Waals surface area contributed by atoms with Crippen molar-refractivity contribution >= 4 is 12.1 Å². The van der Waals surface area contributed by atoms with Crippen LogP contribution in [0.4, 0.5) is 4.79 Å².